The van der Waals surface area contributed by atoms with E-state index in [1.165, 1.54) is 43.7 Å². The van der Waals surface area contributed by atoms with Gasteiger partial charge in [0.2, 0.25) is 0 Å². The molecule has 0 heterocycles. The molecule has 0 bridgehead atoms. The molecule has 1 fully saturated rings. The smallest absolute Gasteiger partial charge is 0.0186 e. The third-order valence-electron chi connectivity index (χ3n) is 3.94. The average molecular weight is 257 g/mol. The van der Waals surface area contributed by atoms with E-state index in [0.29, 0.717) is 0 Å². The lowest BCUT2D eigenvalue weighted by atomic mass is 9.74. The first-order chi connectivity index (χ1) is 8.17. The molecule has 0 aromatic carbocycles. The normalized spacial score (nSPS) is 31.4. The highest BCUT2D eigenvalue weighted by molar-refractivity contribution is 7.99. The fourth-order valence-electron chi connectivity index (χ4n) is 3.27. The molecule has 1 N–H and O–H groups in total. The van der Waals surface area contributed by atoms with Crippen LogP contribution in [0.1, 0.15) is 53.4 Å². The van der Waals surface area contributed by atoms with Crippen LogP contribution in [0.3, 0.4) is 0 Å². The molecular formula is C15H31NS. The monoisotopic (exact) mass is 257 g/mol. The van der Waals surface area contributed by atoms with E-state index in [1.54, 1.807) is 0 Å². The van der Waals surface area contributed by atoms with Gasteiger partial charge in [-0.3, -0.25) is 0 Å². The van der Waals surface area contributed by atoms with Crippen molar-refractivity contribution in [3.8, 4) is 0 Å². The van der Waals surface area contributed by atoms with Gasteiger partial charge in [-0.05, 0) is 55.7 Å². The molecular weight excluding hydrogens is 226 g/mol. The summed E-state index contributed by atoms with van der Waals surface area (Å²) >= 11 is 2.10. The van der Waals surface area contributed by atoms with Crippen LogP contribution in [0.5, 0.6) is 0 Å². The van der Waals surface area contributed by atoms with Gasteiger partial charge < -0.3 is 5.32 Å². The molecule has 1 nitrogen and oxygen atoms in total. The van der Waals surface area contributed by atoms with Crippen LogP contribution in [0, 0.1) is 17.8 Å². The van der Waals surface area contributed by atoms with Gasteiger partial charge in [0.25, 0.3) is 0 Å². The molecule has 1 saturated carbocycles. The first-order valence-electron chi connectivity index (χ1n) is 7.48. The van der Waals surface area contributed by atoms with E-state index in [-0.39, 0.29) is 0 Å². The molecule has 0 aromatic heterocycles. The Morgan fingerprint density at radius 2 is 1.76 bits per heavy atom. The standard InChI is InChI=1S/C15H31NS/c1-5-7-16-15(11-17-6-2)14-9-12(3)8-13(4)10-14/h12-16H,5-11H2,1-4H3. The molecule has 102 valence electrons. The van der Waals surface area contributed by atoms with Crippen molar-refractivity contribution in [2.24, 2.45) is 17.8 Å². The Labute approximate surface area is 113 Å². The Hall–Kier alpha value is 0.310. The predicted molar refractivity (Wildman–Crippen MR) is 80.7 cm³/mol. The van der Waals surface area contributed by atoms with Gasteiger partial charge in [-0.1, -0.05) is 27.7 Å². The zero-order chi connectivity index (χ0) is 12.7. The molecule has 0 aliphatic heterocycles. The van der Waals surface area contributed by atoms with Crippen LogP contribution in [0.25, 0.3) is 0 Å². The van der Waals surface area contributed by atoms with Crippen molar-refractivity contribution in [1.29, 1.82) is 0 Å². The van der Waals surface area contributed by atoms with Gasteiger partial charge >= 0.3 is 0 Å². The van der Waals surface area contributed by atoms with E-state index in [9.17, 15) is 0 Å². The third kappa shape index (κ3) is 5.65. The molecule has 3 unspecified atom stereocenters. The van der Waals surface area contributed by atoms with Crippen molar-refractivity contribution in [2.75, 3.05) is 18.1 Å². The van der Waals surface area contributed by atoms with Crippen LogP contribution >= 0.6 is 11.8 Å². The molecule has 0 aromatic rings. The minimum Gasteiger partial charge on any atom is -0.313 e. The summed E-state index contributed by atoms with van der Waals surface area (Å²) in [4.78, 5) is 0. The zero-order valence-corrected chi connectivity index (χ0v) is 13.0. The fourth-order valence-corrected chi connectivity index (χ4v) is 4.15. The SMILES string of the molecule is CCCNC(CSCC)C1CC(C)CC(C)C1. The van der Waals surface area contributed by atoms with Crippen molar-refractivity contribution < 1.29 is 0 Å². The first-order valence-corrected chi connectivity index (χ1v) is 8.63. The topological polar surface area (TPSA) is 12.0 Å². The van der Waals surface area contributed by atoms with Gasteiger partial charge in [0.1, 0.15) is 0 Å². The maximum atomic E-state index is 3.79. The lowest BCUT2D eigenvalue weighted by molar-refractivity contribution is 0.184. The second-order valence-corrected chi connectivity index (χ2v) is 7.22. The summed E-state index contributed by atoms with van der Waals surface area (Å²) in [5, 5.41) is 3.79. The van der Waals surface area contributed by atoms with Gasteiger partial charge in [0.05, 0.1) is 0 Å². The highest BCUT2D eigenvalue weighted by Crippen LogP contribution is 2.35. The summed E-state index contributed by atoms with van der Waals surface area (Å²) in [6.07, 6.45) is 5.58. The minimum absolute atomic E-state index is 0.755. The zero-order valence-electron chi connectivity index (χ0n) is 12.2. The van der Waals surface area contributed by atoms with Crippen LogP contribution in [0.4, 0.5) is 0 Å². The molecule has 1 rings (SSSR count). The second kappa shape index (κ2) is 8.42. The molecule has 2 heteroatoms. The van der Waals surface area contributed by atoms with Gasteiger partial charge in [-0.2, -0.15) is 11.8 Å². The van der Waals surface area contributed by atoms with Gasteiger partial charge in [0.15, 0.2) is 0 Å². The van der Waals surface area contributed by atoms with Crippen molar-refractivity contribution in [3.63, 3.8) is 0 Å². The minimum atomic E-state index is 0.755. The summed E-state index contributed by atoms with van der Waals surface area (Å²) in [6.45, 7) is 10.6. The van der Waals surface area contributed by atoms with Crippen molar-refractivity contribution in [1.82, 2.24) is 5.32 Å². The lowest BCUT2D eigenvalue weighted by Crippen LogP contribution is -2.42. The molecule has 0 spiro atoms. The first kappa shape index (κ1) is 15.4. The van der Waals surface area contributed by atoms with E-state index in [4.69, 9.17) is 0 Å². The van der Waals surface area contributed by atoms with E-state index in [1.807, 2.05) is 0 Å². The quantitative estimate of drug-likeness (QED) is 0.734. The number of thioether (sulfide) groups is 1. The fraction of sp³-hybridized carbons (Fsp3) is 1.00. The lowest BCUT2D eigenvalue weighted by Gasteiger charge is -2.37. The number of nitrogens with one attached hydrogen (secondary N) is 1. The molecule has 3 atom stereocenters. The molecule has 17 heavy (non-hydrogen) atoms. The van der Waals surface area contributed by atoms with E-state index < -0.39 is 0 Å². The van der Waals surface area contributed by atoms with Crippen molar-refractivity contribution in [2.45, 2.75) is 59.4 Å². The van der Waals surface area contributed by atoms with Gasteiger partial charge in [-0.25, -0.2) is 0 Å². The largest absolute Gasteiger partial charge is 0.313 e. The Kier molecular flexibility index (Phi) is 7.61. The number of rotatable bonds is 7. The van der Waals surface area contributed by atoms with Crippen LogP contribution < -0.4 is 5.32 Å². The maximum Gasteiger partial charge on any atom is 0.0186 e. The Balaban J connectivity index is 2.47. The Morgan fingerprint density at radius 3 is 2.29 bits per heavy atom. The van der Waals surface area contributed by atoms with E-state index in [0.717, 1.165) is 23.8 Å². The van der Waals surface area contributed by atoms with Crippen LogP contribution in [-0.2, 0) is 0 Å². The van der Waals surface area contributed by atoms with Gasteiger partial charge in [-0.15, -0.1) is 0 Å². The molecule has 1 aliphatic carbocycles. The number of hydrogen-bond donors (Lipinski definition) is 1. The van der Waals surface area contributed by atoms with E-state index >= 15 is 0 Å². The highest BCUT2D eigenvalue weighted by atomic mass is 32.2. The highest BCUT2D eigenvalue weighted by Gasteiger charge is 2.29. The molecule has 1 aliphatic rings. The van der Waals surface area contributed by atoms with Gasteiger partial charge in [0, 0.05) is 11.8 Å². The summed E-state index contributed by atoms with van der Waals surface area (Å²) in [5.41, 5.74) is 0. The summed E-state index contributed by atoms with van der Waals surface area (Å²) < 4.78 is 0. The number of hydrogen-bond acceptors (Lipinski definition) is 2. The third-order valence-corrected chi connectivity index (χ3v) is 4.95. The molecule has 0 amide bonds. The predicted octanol–water partition coefficient (Wildman–Crippen LogP) is 4.18. The maximum absolute atomic E-state index is 3.79. The summed E-state index contributed by atoms with van der Waals surface area (Å²) in [7, 11) is 0. The van der Waals surface area contributed by atoms with Crippen LogP contribution in [-0.4, -0.2) is 24.1 Å². The van der Waals surface area contributed by atoms with Crippen molar-refractivity contribution in [3.05, 3.63) is 0 Å². The average Bonchev–Trinajstić information content (AvgIpc) is 2.28. The second-order valence-electron chi connectivity index (χ2n) is 5.90. The van der Waals surface area contributed by atoms with Crippen LogP contribution in [0.2, 0.25) is 0 Å². The molecule has 0 saturated heterocycles. The Morgan fingerprint density at radius 1 is 1.12 bits per heavy atom. The van der Waals surface area contributed by atoms with Crippen molar-refractivity contribution >= 4 is 11.8 Å². The Bertz CT molecular complexity index is 177. The van der Waals surface area contributed by atoms with Crippen LogP contribution in [0.15, 0.2) is 0 Å². The molecule has 0 radical (unpaired) electrons. The summed E-state index contributed by atoms with van der Waals surface area (Å²) in [6, 6.07) is 0.755. The summed E-state index contributed by atoms with van der Waals surface area (Å²) in [5.74, 6) is 5.34. The van der Waals surface area contributed by atoms with E-state index in [2.05, 4.69) is 44.8 Å².